The van der Waals surface area contributed by atoms with E-state index in [2.05, 4.69) is 5.32 Å². The summed E-state index contributed by atoms with van der Waals surface area (Å²) in [5, 5.41) is 3.38. The van der Waals surface area contributed by atoms with Crippen LogP contribution in [0.1, 0.15) is 11.1 Å². The molecule has 0 bridgehead atoms. The number of ether oxygens (including phenoxy) is 1. The summed E-state index contributed by atoms with van der Waals surface area (Å²) in [6, 6.07) is 36.6. The number of carbonyl (C=O) groups is 2. The number of likely N-dealkylation sites (N-methyl/N-ethyl adjacent to an activating group) is 1. The molecule has 0 saturated heterocycles. The third kappa shape index (κ3) is 8.55. The molecular weight excluding hydrogens is 669 g/mol. The highest BCUT2D eigenvalue weighted by atomic mass is 35.5. The van der Waals surface area contributed by atoms with Crippen molar-refractivity contribution in [3.05, 3.63) is 155 Å². The lowest BCUT2D eigenvalue weighted by molar-refractivity contribution is -0.139. The van der Waals surface area contributed by atoms with Gasteiger partial charge in [0.05, 0.1) is 10.6 Å². The largest absolute Gasteiger partial charge is 0.457 e. The number of hydrogen-bond acceptors (Lipinski definition) is 5. The lowest BCUT2D eigenvalue weighted by Crippen LogP contribution is -2.53. The molecule has 5 aromatic rings. The number of benzene rings is 5. The molecule has 48 heavy (non-hydrogen) atoms. The molecule has 11 heteroatoms. The Bertz CT molecular complexity index is 1950. The van der Waals surface area contributed by atoms with Crippen molar-refractivity contribution < 1.29 is 22.7 Å². The number of amides is 2. The smallest absolute Gasteiger partial charge is 0.264 e. The molecule has 0 aromatic heterocycles. The van der Waals surface area contributed by atoms with E-state index in [4.69, 9.17) is 27.9 Å². The maximum Gasteiger partial charge on any atom is 0.264 e. The van der Waals surface area contributed by atoms with Crippen molar-refractivity contribution in [1.82, 2.24) is 10.2 Å². The van der Waals surface area contributed by atoms with Crippen LogP contribution in [0.25, 0.3) is 0 Å². The molecule has 0 aliphatic carbocycles. The van der Waals surface area contributed by atoms with Gasteiger partial charge in [-0.2, -0.15) is 0 Å². The summed E-state index contributed by atoms with van der Waals surface area (Å²) < 4.78 is 35.3. The molecule has 0 heterocycles. The van der Waals surface area contributed by atoms with Crippen molar-refractivity contribution in [3.8, 4) is 11.5 Å². The monoisotopic (exact) mass is 701 g/mol. The van der Waals surface area contributed by atoms with Crippen molar-refractivity contribution in [2.75, 3.05) is 17.9 Å². The van der Waals surface area contributed by atoms with Crippen LogP contribution in [-0.2, 0) is 32.6 Å². The van der Waals surface area contributed by atoms with E-state index >= 15 is 0 Å². The predicted molar refractivity (Wildman–Crippen MR) is 189 cm³/mol. The third-order valence-electron chi connectivity index (χ3n) is 7.59. The molecule has 0 aliphatic heterocycles. The van der Waals surface area contributed by atoms with E-state index in [1.165, 1.54) is 24.1 Å². The zero-order valence-electron chi connectivity index (χ0n) is 26.0. The highest BCUT2D eigenvalue weighted by molar-refractivity contribution is 7.92. The van der Waals surface area contributed by atoms with Crippen LogP contribution in [0.5, 0.6) is 11.5 Å². The van der Waals surface area contributed by atoms with Crippen LogP contribution < -0.4 is 14.4 Å². The van der Waals surface area contributed by atoms with E-state index in [1.54, 1.807) is 72.8 Å². The lowest BCUT2D eigenvalue weighted by Gasteiger charge is -2.33. The summed E-state index contributed by atoms with van der Waals surface area (Å²) in [7, 11) is -2.76. The fourth-order valence-corrected chi connectivity index (χ4v) is 7.01. The normalized spacial score (nSPS) is 11.7. The van der Waals surface area contributed by atoms with Crippen LogP contribution >= 0.6 is 23.2 Å². The molecule has 8 nitrogen and oxygen atoms in total. The Morgan fingerprint density at radius 2 is 1.35 bits per heavy atom. The van der Waals surface area contributed by atoms with Gasteiger partial charge in [0, 0.05) is 30.1 Å². The van der Waals surface area contributed by atoms with Gasteiger partial charge in [-0.25, -0.2) is 8.42 Å². The second kappa shape index (κ2) is 15.8. The third-order valence-corrected chi connectivity index (χ3v) is 9.96. The predicted octanol–water partition coefficient (Wildman–Crippen LogP) is 7.37. The fraction of sp³-hybridized carbons (Fsp3) is 0.135. The Morgan fingerprint density at radius 1 is 0.771 bits per heavy atom. The number of nitrogens with zero attached hydrogens (tertiary/aromatic N) is 2. The number of hydrogen-bond donors (Lipinski definition) is 1. The van der Waals surface area contributed by atoms with Gasteiger partial charge >= 0.3 is 0 Å². The van der Waals surface area contributed by atoms with Crippen LogP contribution in [0.3, 0.4) is 0 Å². The average molecular weight is 703 g/mol. The van der Waals surface area contributed by atoms with E-state index in [0.29, 0.717) is 27.1 Å². The van der Waals surface area contributed by atoms with E-state index in [1.807, 2.05) is 48.5 Å². The Morgan fingerprint density at radius 3 is 1.96 bits per heavy atom. The van der Waals surface area contributed by atoms with Crippen molar-refractivity contribution >= 4 is 50.7 Å². The summed E-state index contributed by atoms with van der Waals surface area (Å²) >= 11 is 12.7. The van der Waals surface area contributed by atoms with Crippen molar-refractivity contribution in [2.24, 2.45) is 0 Å². The summed E-state index contributed by atoms with van der Waals surface area (Å²) in [6.45, 7) is -0.688. The number of sulfonamides is 1. The second-order valence-electron chi connectivity index (χ2n) is 10.8. The minimum absolute atomic E-state index is 0.00171. The highest BCUT2D eigenvalue weighted by Gasteiger charge is 2.34. The number of nitrogens with one attached hydrogen (secondary N) is 1. The zero-order valence-corrected chi connectivity index (χ0v) is 28.3. The molecule has 0 fully saturated rings. The molecular formula is C37H33Cl2N3O5S. The Kier molecular flexibility index (Phi) is 11.4. The van der Waals surface area contributed by atoms with Gasteiger partial charge in [0.25, 0.3) is 10.0 Å². The first-order valence-electron chi connectivity index (χ1n) is 15.1. The quantitative estimate of drug-likeness (QED) is 0.138. The standard InChI is InChI=1S/C37H33Cl2N3O5S/c1-40-37(44)35(23-27-11-5-2-6-12-27)41(25-28-17-18-29(38)24-34(28)39)36(43)26-42(48(45,46)33-15-9-4-10-16-33)30-19-21-32(22-20-30)47-31-13-7-3-8-14-31/h2-22,24,35H,23,25-26H2,1H3,(H,40,44)/t35-/m1/s1. The SMILES string of the molecule is CNC(=O)[C@@H](Cc1ccccc1)N(Cc1ccc(Cl)cc1Cl)C(=O)CN(c1ccc(Oc2ccccc2)cc1)S(=O)(=O)c1ccccc1. The first kappa shape index (κ1) is 34.5. The summed E-state index contributed by atoms with van der Waals surface area (Å²) in [4.78, 5) is 29.3. The topological polar surface area (TPSA) is 96.0 Å². The molecule has 5 rings (SSSR count). The molecule has 2 amide bonds. The fourth-order valence-electron chi connectivity index (χ4n) is 5.11. The van der Waals surface area contributed by atoms with Gasteiger partial charge in [0.15, 0.2) is 0 Å². The van der Waals surface area contributed by atoms with E-state index < -0.39 is 34.4 Å². The number of rotatable bonds is 13. The second-order valence-corrected chi connectivity index (χ2v) is 13.5. The van der Waals surface area contributed by atoms with Gasteiger partial charge in [-0.05, 0) is 71.8 Å². The zero-order chi connectivity index (χ0) is 34.1. The van der Waals surface area contributed by atoms with Crippen LogP contribution in [-0.4, -0.2) is 44.8 Å². The molecule has 1 N–H and O–H groups in total. The van der Waals surface area contributed by atoms with E-state index in [0.717, 1.165) is 9.87 Å². The molecule has 0 spiro atoms. The van der Waals surface area contributed by atoms with Gasteiger partial charge in [0.1, 0.15) is 24.1 Å². The average Bonchev–Trinajstić information content (AvgIpc) is 3.10. The Balaban J connectivity index is 1.55. The Hall–Kier alpha value is -4.83. The molecule has 5 aromatic carbocycles. The summed E-state index contributed by atoms with van der Waals surface area (Å²) in [5.74, 6) is 0.0612. The molecule has 0 saturated carbocycles. The van der Waals surface area contributed by atoms with Crippen molar-refractivity contribution in [2.45, 2.75) is 23.9 Å². The highest BCUT2D eigenvalue weighted by Crippen LogP contribution is 2.29. The van der Waals surface area contributed by atoms with E-state index in [9.17, 15) is 18.0 Å². The van der Waals surface area contributed by atoms with Gasteiger partial charge in [0.2, 0.25) is 11.8 Å². The number of halogens is 2. The molecule has 0 radical (unpaired) electrons. The summed E-state index contributed by atoms with van der Waals surface area (Å²) in [6.07, 6.45) is 0.175. The van der Waals surface area contributed by atoms with Gasteiger partial charge in [-0.15, -0.1) is 0 Å². The molecule has 0 unspecified atom stereocenters. The lowest BCUT2D eigenvalue weighted by atomic mass is 10.0. The molecule has 246 valence electrons. The van der Waals surface area contributed by atoms with Gasteiger partial charge < -0.3 is 15.0 Å². The summed E-state index contributed by atoms with van der Waals surface area (Å²) in [5.41, 5.74) is 1.58. The first-order valence-corrected chi connectivity index (χ1v) is 17.2. The number of para-hydroxylation sites is 1. The molecule has 1 atom stereocenters. The molecule has 0 aliphatic rings. The van der Waals surface area contributed by atoms with Crippen LogP contribution in [0.15, 0.2) is 138 Å². The van der Waals surface area contributed by atoms with Gasteiger partial charge in [-0.3, -0.25) is 13.9 Å². The number of anilines is 1. The van der Waals surface area contributed by atoms with Crippen molar-refractivity contribution in [3.63, 3.8) is 0 Å². The van der Waals surface area contributed by atoms with Crippen molar-refractivity contribution in [1.29, 1.82) is 0 Å². The minimum Gasteiger partial charge on any atom is -0.457 e. The minimum atomic E-state index is -4.25. The number of carbonyl (C=O) groups excluding carboxylic acids is 2. The van der Waals surface area contributed by atoms with E-state index in [-0.39, 0.29) is 23.5 Å². The van der Waals surface area contributed by atoms with Gasteiger partial charge in [-0.1, -0.05) is 96.0 Å². The maximum atomic E-state index is 14.5. The first-order chi connectivity index (χ1) is 23.2. The van der Waals surface area contributed by atoms with Crippen LogP contribution in [0.4, 0.5) is 5.69 Å². The van der Waals surface area contributed by atoms with Crippen LogP contribution in [0, 0.1) is 0 Å². The van der Waals surface area contributed by atoms with Crippen LogP contribution in [0.2, 0.25) is 10.0 Å². The maximum absolute atomic E-state index is 14.5. The Labute approximate surface area is 290 Å².